The standard InChI is InChI=1S/C23H21N3O3/c27-22(15-26-23(28)21-11-6-12-29-21)25-13-18(16-7-2-1-3-8-16)19-14-24-20-10-5-4-9-17(19)20/h1-12,14,18,24H,13,15H2,(H,25,27)(H,26,28). The quantitative estimate of drug-likeness (QED) is 0.454. The molecule has 146 valence electrons. The van der Waals surface area contributed by atoms with Gasteiger partial charge in [0.15, 0.2) is 5.76 Å². The smallest absolute Gasteiger partial charge is 0.287 e. The predicted molar refractivity (Wildman–Crippen MR) is 111 cm³/mol. The fourth-order valence-corrected chi connectivity index (χ4v) is 3.41. The van der Waals surface area contributed by atoms with Gasteiger partial charge < -0.3 is 20.0 Å². The van der Waals surface area contributed by atoms with Gasteiger partial charge in [-0.2, -0.15) is 0 Å². The minimum atomic E-state index is -0.415. The molecule has 4 rings (SSSR count). The number of fused-ring (bicyclic) bond motifs is 1. The Morgan fingerprint density at radius 1 is 0.931 bits per heavy atom. The van der Waals surface area contributed by atoms with Crippen LogP contribution in [0.15, 0.2) is 83.6 Å². The molecule has 4 aromatic rings. The molecule has 0 aliphatic rings. The number of H-pyrrole nitrogens is 1. The first-order valence-electron chi connectivity index (χ1n) is 9.42. The lowest BCUT2D eigenvalue weighted by Crippen LogP contribution is -2.38. The molecular formula is C23H21N3O3. The van der Waals surface area contributed by atoms with Gasteiger partial charge in [0.2, 0.25) is 5.91 Å². The molecule has 2 heterocycles. The zero-order valence-corrected chi connectivity index (χ0v) is 15.7. The number of rotatable bonds is 7. The van der Waals surface area contributed by atoms with Crippen molar-refractivity contribution in [1.82, 2.24) is 15.6 Å². The van der Waals surface area contributed by atoms with Crippen molar-refractivity contribution in [2.45, 2.75) is 5.92 Å². The van der Waals surface area contributed by atoms with E-state index >= 15 is 0 Å². The summed E-state index contributed by atoms with van der Waals surface area (Å²) in [6.07, 6.45) is 3.41. The molecule has 1 unspecified atom stereocenters. The summed E-state index contributed by atoms with van der Waals surface area (Å²) in [6.45, 7) is 0.302. The van der Waals surface area contributed by atoms with Crippen LogP contribution in [-0.4, -0.2) is 29.9 Å². The highest BCUT2D eigenvalue weighted by Crippen LogP contribution is 2.30. The number of hydrogen-bond acceptors (Lipinski definition) is 3. The Kier molecular flexibility index (Phi) is 5.42. The molecule has 6 heteroatoms. The van der Waals surface area contributed by atoms with Crippen LogP contribution in [0, 0.1) is 0 Å². The van der Waals surface area contributed by atoms with E-state index in [1.54, 1.807) is 12.1 Å². The van der Waals surface area contributed by atoms with E-state index in [0.29, 0.717) is 6.54 Å². The Morgan fingerprint density at radius 3 is 2.52 bits per heavy atom. The number of amides is 2. The lowest BCUT2D eigenvalue weighted by molar-refractivity contribution is -0.120. The normalized spacial score (nSPS) is 11.9. The summed E-state index contributed by atoms with van der Waals surface area (Å²) in [5.41, 5.74) is 3.28. The molecule has 2 aromatic heterocycles. The van der Waals surface area contributed by atoms with Gasteiger partial charge in [-0.05, 0) is 29.3 Å². The maximum atomic E-state index is 12.3. The Morgan fingerprint density at radius 2 is 1.72 bits per heavy atom. The number of aromatic nitrogens is 1. The molecule has 0 radical (unpaired) electrons. The molecule has 0 saturated carbocycles. The third-order valence-electron chi connectivity index (χ3n) is 4.86. The van der Waals surface area contributed by atoms with Crippen molar-refractivity contribution in [3.8, 4) is 0 Å². The summed E-state index contributed by atoms with van der Waals surface area (Å²) in [4.78, 5) is 27.5. The molecular weight excluding hydrogens is 366 g/mol. The second kappa shape index (κ2) is 8.48. The van der Waals surface area contributed by atoms with Crippen LogP contribution in [0.25, 0.3) is 10.9 Å². The number of benzene rings is 2. The average molecular weight is 387 g/mol. The second-order valence-electron chi connectivity index (χ2n) is 6.72. The van der Waals surface area contributed by atoms with Crippen LogP contribution in [-0.2, 0) is 4.79 Å². The highest BCUT2D eigenvalue weighted by Gasteiger charge is 2.19. The number of nitrogens with one attached hydrogen (secondary N) is 3. The van der Waals surface area contributed by atoms with Crippen LogP contribution in [0.1, 0.15) is 27.6 Å². The Bertz CT molecular complexity index is 1100. The van der Waals surface area contributed by atoms with E-state index in [9.17, 15) is 9.59 Å². The van der Waals surface area contributed by atoms with Crippen LogP contribution in [0.3, 0.4) is 0 Å². The van der Waals surface area contributed by atoms with Gasteiger partial charge in [-0.25, -0.2) is 0 Å². The van der Waals surface area contributed by atoms with Crippen molar-refractivity contribution in [2.24, 2.45) is 0 Å². The van der Waals surface area contributed by atoms with E-state index in [-0.39, 0.29) is 24.1 Å². The van der Waals surface area contributed by atoms with Gasteiger partial charge in [-0.15, -0.1) is 0 Å². The van der Waals surface area contributed by atoms with Crippen LogP contribution in [0.4, 0.5) is 0 Å². The van der Waals surface area contributed by atoms with Crippen molar-refractivity contribution < 1.29 is 14.0 Å². The van der Waals surface area contributed by atoms with E-state index < -0.39 is 5.91 Å². The molecule has 2 amide bonds. The van der Waals surface area contributed by atoms with Gasteiger partial charge in [-0.1, -0.05) is 48.5 Å². The van der Waals surface area contributed by atoms with Gasteiger partial charge in [0.25, 0.3) is 5.91 Å². The first-order valence-corrected chi connectivity index (χ1v) is 9.42. The van der Waals surface area contributed by atoms with E-state index in [0.717, 1.165) is 22.0 Å². The SMILES string of the molecule is O=C(CNC(=O)c1ccco1)NCC(c1ccccc1)c1c[nH]c2ccccc12. The summed E-state index contributed by atoms with van der Waals surface area (Å²) in [7, 11) is 0. The van der Waals surface area contributed by atoms with Gasteiger partial charge in [0.05, 0.1) is 12.8 Å². The van der Waals surface area contributed by atoms with E-state index in [2.05, 4.69) is 33.8 Å². The van der Waals surface area contributed by atoms with Crippen molar-refractivity contribution in [3.05, 3.63) is 96.1 Å². The molecule has 0 saturated heterocycles. The van der Waals surface area contributed by atoms with Gasteiger partial charge in [-0.3, -0.25) is 9.59 Å². The third-order valence-corrected chi connectivity index (χ3v) is 4.86. The first kappa shape index (κ1) is 18.6. The molecule has 0 bridgehead atoms. The Hall–Kier alpha value is -3.80. The number of carbonyl (C=O) groups excluding carboxylic acids is 2. The molecule has 0 aliphatic heterocycles. The fourth-order valence-electron chi connectivity index (χ4n) is 3.41. The summed E-state index contributed by atoms with van der Waals surface area (Å²) >= 11 is 0. The van der Waals surface area contributed by atoms with Crippen molar-refractivity contribution in [1.29, 1.82) is 0 Å². The monoisotopic (exact) mass is 387 g/mol. The second-order valence-corrected chi connectivity index (χ2v) is 6.72. The molecule has 0 fully saturated rings. The van der Waals surface area contributed by atoms with Crippen LogP contribution in [0.5, 0.6) is 0 Å². The van der Waals surface area contributed by atoms with Gasteiger partial charge in [0, 0.05) is 29.6 Å². The maximum absolute atomic E-state index is 12.3. The minimum Gasteiger partial charge on any atom is -0.459 e. The Balaban J connectivity index is 1.46. The fraction of sp³-hybridized carbons (Fsp3) is 0.130. The van der Waals surface area contributed by atoms with Crippen molar-refractivity contribution in [3.63, 3.8) is 0 Å². The maximum Gasteiger partial charge on any atom is 0.287 e. The summed E-state index contributed by atoms with van der Waals surface area (Å²) < 4.78 is 5.03. The molecule has 0 spiro atoms. The highest BCUT2D eigenvalue weighted by molar-refractivity contribution is 5.94. The van der Waals surface area contributed by atoms with E-state index in [1.807, 2.05) is 42.6 Å². The third kappa shape index (κ3) is 4.21. The van der Waals surface area contributed by atoms with Crippen LogP contribution >= 0.6 is 0 Å². The minimum absolute atomic E-state index is 0.0166. The van der Waals surface area contributed by atoms with Gasteiger partial charge in [0.1, 0.15) is 0 Å². The number of aromatic amines is 1. The molecule has 29 heavy (non-hydrogen) atoms. The molecule has 2 aromatic carbocycles. The van der Waals surface area contributed by atoms with Crippen LogP contribution < -0.4 is 10.6 Å². The summed E-state index contributed by atoms with van der Waals surface area (Å²) in [5, 5.41) is 6.63. The number of para-hydroxylation sites is 1. The van der Waals surface area contributed by atoms with E-state index in [1.165, 1.54) is 6.26 Å². The first-order chi connectivity index (χ1) is 14.2. The summed E-state index contributed by atoms with van der Waals surface area (Å²) in [6, 6.07) is 21.3. The van der Waals surface area contributed by atoms with Gasteiger partial charge >= 0.3 is 0 Å². The largest absolute Gasteiger partial charge is 0.459 e. The average Bonchev–Trinajstić information content (AvgIpc) is 3.44. The lowest BCUT2D eigenvalue weighted by atomic mass is 9.91. The lowest BCUT2D eigenvalue weighted by Gasteiger charge is -2.18. The number of carbonyl (C=O) groups is 2. The zero-order chi connectivity index (χ0) is 20.1. The number of hydrogen-bond donors (Lipinski definition) is 3. The molecule has 3 N–H and O–H groups in total. The molecule has 0 aliphatic carbocycles. The summed E-state index contributed by atoms with van der Waals surface area (Å²) in [5.74, 6) is -0.511. The predicted octanol–water partition coefficient (Wildman–Crippen LogP) is 3.44. The van der Waals surface area contributed by atoms with Crippen molar-refractivity contribution in [2.75, 3.05) is 13.1 Å². The topological polar surface area (TPSA) is 87.1 Å². The van der Waals surface area contributed by atoms with E-state index in [4.69, 9.17) is 4.42 Å². The number of furan rings is 1. The molecule has 6 nitrogen and oxygen atoms in total. The molecule has 1 atom stereocenters. The van der Waals surface area contributed by atoms with Crippen LogP contribution in [0.2, 0.25) is 0 Å². The highest BCUT2D eigenvalue weighted by atomic mass is 16.3. The van der Waals surface area contributed by atoms with Crippen molar-refractivity contribution >= 4 is 22.7 Å². The Labute approximate surface area is 167 Å². The zero-order valence-electron chi connectivity index (χ0n) is 15.7.